The normalized spacial score (nSPS) is 38.5. The highest BCUT2D eigenvalue weighted by Gasteiger charge is 2.38. The first-order valence-corrected chi connectivity index (χ1v) is 4.16. The van der Waals surface area contributed by atoms with Crippen LogP contribution in [0.15, 0.2) is 0 Å². The Labute approximate surface area is 79.9 Å². The van der Waals surface area contributed by atoms with Crippen molar-refractivity contribution in [3.05, 3.63) is 0 Å². The third-order valence-electron chi connectivity index (χ3n) is 2.48. The molecule has 13 heavy (non-hydrogen) atoms. The standard InChI is InChI=1S/C8H13NO4/c9-6-2-1-4(7(10)11)3-5(6)8(12)13/h4-6H,1-3,9H2,(H,10,11)(H,12,13)/p+1/t4-,5-,6+/m0/s1/i/hD3. The average Bonchev–Trinajstić information content (AvgIpc) is 2.15. The van der Waals surface area contributed by atoms with Crippen molar-refractivity contribution < 1.29 is 29.8 Å². The van der Waals surface area contributed by atoms with Gasteiger partial charge in [0.2, 0.25) is 0 Å². The van der Waals surface area contributed by atoms with Gasteiger partial charge in [-0.15, -0.1) is 0 Å². The molecule has 0 bridgehead atoms. The lowest BCUT2D eigenvalue weighted by molar-refractivity contribution is -0.435. The summed E-state index contributed by atoms with van der Waals surface area (Å²) in [6.45, 7) is 0. The minimum Gasteiger partial charge on any atom is -0.481 e. The number of carbonyl (C=O) groups is 2. The van der Waals surface area contributed by atoms with Gasteiger partial charge in [-0.3, -0.25) is 9.59 Å². The van der Waals surface area contributed by atoms with Crippen molar-refractivity contribution in [3.8, 4) is 0 Å². The molecule has 0 aromatic heterocycles. The van der Waals surface area contributed by atoms with E-state index in [0.29, 0.717) is 0 Å². The van der Waals surface area contributed by atoms with Crippen LogP contribution in [0.1, 0.15) is 19.3 Å². The quantitative estimate of drug-likeness (QED) is 0.542. The van der Waals surface area contributed by atoms with E-state index in [9.17, 15) is 9.59 Å². The molecule has 1 rings (SSSR count). The topological polar surface area (TPSA) is 102 Å². The molecule has 1 fully saturated rings. The third kappa shape index (κ3) is 2.18. The van der Waals surface area contributed by atoms with Crippen LogP contribution in [0.2, 0.25) is 4.24 Å². The summed E-state index contributed by atoms with van der Waals surface area (Å²) in [4.78, 5) is 21.7. The van der Waals surface area contributed by atoms with Crippen LogP contribution in [0.5, 0.6) is 0 Å². The molecule has 0 unspecified atom stereocenters. The molecule has 0 aromatic carbocycles. The highest BCUT2D eigenvalue weighted by Crippen LogP contribution is 2.27. The smallest absolute Gasteiger partial charge is 0.344 e. The number of hydrogen-bond donors (Lipinski definition) is 3. The lowest BCUT2D eigenvalue weighted by atomic mass is 9.78. The van der Waals surface area contributed by atoms with E-state index in [1.807, 2.05) is 0 Å². The van der Waals surface area contributed by atoms with E-state index in [1.165, 1.54) is 0 Å². The fourth-order valence-corrected chi connectivity index (χ4v) is 1.64. The van der Waals surface area contributed by atoms with Crippen LogP contribution in [0.25, 0.3) is 0 Å². The van der Waals surface area contributed by atoms with Crippen molar-refractivity contribution in [2.75, 3.05) is 0 Å². The van der Waals surface area contributed by atoms with Crippen molar-refractivity contribution in [2.24, 2.45) is 11.8 Å². The molecule has 3 atom stereocenters. The Bertz CT molecular complexity index is 304. The first-order chi connectivity index (χ1) is 7.23. The van der Waals surface area contributed by atoms with Gasteiger partial charge in [-0.1, -0.05) is 0 Å². The van der Waals surface area contributed by atoms with Gasteiger partial charge in [0, 0.05) is 6.42 Å². The van der Waals surface area contributed by atoms with Gasteiger partial charge in [0.05, 0.1) is 12.0 Å². The minimum absolute atomic E-state index is 0.102. The van der Waals surface area contributed by atoms with Crippen molar-refractivity contribution in [1.82, 2.24) is 0 Å². The predicted molar refractivity (Wildman–Crippen MR) is 42.8 cm³/mol. The monoisotopic (exact) mass is 191 g/mol. The van der Waals surface area contributed by atoms with Gasteiger partial charge >= 0.3 is 16.2 Å². The van der Waals surface area contributed by atoms with Gasteiger partial charge < -0.3 is 15.9 Å². The summed E-state index contributed by atoms with van der Waals surface area (Å²) in [5.41, 5.74) is -1.68. The van der Waals surface area contributed by atoms with Crippen molar-refractivity contribution in [1.29, 1.82) is 0 Å². The highest BCUT2D eigenvalue weighted by atomic mass is 16.4. The van der Waals surface area contributed by atoms with E-state index in [-0.39, 0.29) is 19.3 Å². The number of hydrogen-bond acceptors (Lipinski definition) is 2. The summed E-state index contributed by atoms with van der Waals surface area (Å²) in [6, 6.07) is -0.993. The Morgan fingerprint density at radius 2 is 2.00 bits per heavy atom. The van der Waals surface area contributed by atoms with Crippen LogP contribution in [0.3, 0.4) is 0 Å². The molecule has 5 N–H and O–H groups in total. The van der Waals surface area contributed by atoms with Crippen LogP contribution in [-0.4, -0.2) is 28.2 Å². The van der Waals surface area contributed by atoms with Gasteiger partial charge in [-0.25, -0.2) is 0 Å². The Hall–Kier alpha value is -1.10. The van der Waals surface area contributed by atoms with E-state index >= 15 is 0 Å². The molecule has 0 aliphatic heterocycles. The van der Waals surface area contributed by atoms with Crippen molar-refractivity contribution in [2.45, 2.75) is 25.3 Å². The lowest BCUT2D eigenvalue weighted by Gasteiger charge is -2.26. The predicted octanol–water partition coefficient (Wildman–Crippen LogP) is -0.818. The summed E-state index contributed by atoms with van der Waals surface area (Å²) in [5.74, 6) is -4.14. The number of rotatable bonds is 3. The molecule has 0 radical (unpaired) electrons. The van der Waals surface area contributed by atoms with Crippen LogP contribution < -0.4 is 5.71 Å². The molecule has 0 amide bonds. The minimum atomic E-state index is -1.68. The second kappa shape index (κ2) is 3.74. The van der Waals surface area contributed by atoms with E-state index in [4.69, 9.17) is 14.4 Å². The molecule has 1 saturated carbocycles. The van der Waals surface area contributed by atoms with E-state index < -0.39 is 35.5 Å². The van der Waals surface area contributed by atoms with Crippen LogP contribution in [0.4, 0.5) is 0 Å². The molecule has 74 valence electrons. The van der Waals surface area contributed by atoms with Gasteiger partial charge in [0.15, 0.2) is 0 Å². The maximum atomic E-state index is 10.9. The summed E-state index contributed by atoms with van der Waals surface area (Å²) < 4.78 is 21.5. The molecular weight excluding hydrogens is 174 g/mol. The zero-order valence-electron chi connectivity index (χ0n) is 10.0. The molecule has 0 heterocycles. The zero-order valence-corrected chi connectivity index (χ0v) is 7.01. The second-order valence-electron chi connectivity index (χ2n) is 3.36. The molecule has 1 aliphatic carbocycles. The summed E-state index contributed by atoms with van der Waals surface area (Å²) >= 11 is 0. The van der Waals surface area contributed by atoms with Crippen molar-refractivity contribution >= 4 is 11.9 Å². The van der Waals surface area contributed by atoms with E-state index in [0.717, 1.165) is 0 Å². The zero-order chi connectivity index (χ0) is 12.5. The number of aliphatic carboxylic acids is 2. The first kappa shape index (κ1) is 6.37. The van der Waals surface area contributed by atoms with Gasteiger partial charge in [0.1, 0.15) is 5.92 Å². The van der Waals surface area contributed by atoms with E-state index in [1.54, 1.807) is 0 Å². The number of carboxylic acids is 2. The maximum Gasteiger partial charge on any atom is 0.344 e. The van der Waals surface area contributed by atoms with Crippen molar-refractivity contribution in [3.63, 3.8) is 0 Å². The average molecular weight is 191 g/mol. The largest absolute Gasteiger partial charge is 0.481 e. The Balaban J connectivity index is 2.84. The molecule has 5 heteroatoms. The Kier molecular flexibility index (Phi) is 1.83. The molecule has 0 aromatic rings. The Morgan fingerprint density at radius 3 is 2.46 bits per heavy atom. The SMILES string of the molecule is [2H][N+]([2H])([2H])[C@@H]1CC[C@H](C(=O)O)C[C@@H]1C(=O)O. The summed E-state index contributed by atoms with van der Waals surface area (Å²) in [5, 5.41) is 17.7. The fourth-order valence-electron chi connectivity index (χ4n) is 1.64. The number of carboxylic acid groups (broad SMARTS) is 2. The lowest BCUT2D eigenvalue weighted by Crippen LogP contribution is -2.67. The second-order valence-corrected chi connectivity index (χ2v) is 3.36. The highest BCUT2D eigenvalue weighted by molar-refractivity contribution is 5.74. The molecule has 5 nitrogen and oxygen atoms in total. The molecule has 0 spiro atoms. The summed E-state index contributed by atoms with van der Waals surface area (Å²) in [6.07, 6.45) is 0.219. The van der Waals surface area contributed by atoms with Gasteiger partial charge in [-0.05, 0) is 12.8 Å². The number of quaternary nitrogens is 1. The van der Waals surface area contributed by atoms with Gasteiger partial charge in [-0.2, -0.15) is 0 Å². The first-order valence-electron chi connectivity index (χ1n) is 5.50. The molecule has 1 aliphatic rings. The fraction of sp³-hybridized carbons (Fsp3) is 0.750. The van der Waals surface area contributed by atoms with Crippen LogP contribution in [-0.2, 0) is 9.59 Å². The third-order valence-corrected chi connectivity index (χ3v) is 2.48. The summed E-state index contributed by atoms with van der Waals surface area (Å²) in [7, 11) is 0. The van der Waals surface area contributed by atoms with Crippen LogP contribution >= 0.6 is 0 Å². The van der Waals surface area contributed by atoms with Gasteiger partial charge in [0.25, 0.3) is 0 Å². The molecular formula is C8H14NO4+. The Morgan fingerprint density at radius 1 is 1.31 bits per heavy atom. The molecule has 0 saturated heterocycles. The van der Waals surface area contributed by atoms with Crippen LogP contribution in [0, 0.1) is 11.8 Å². The van der Waals surface area contributed by atoms with E-state index in [2.05, 4.69) is 0 Å². The maximum absolute atomic E-state index is 10.9.